The molecule has 0 aliphatic heterocycles. The smallest absolute Gasteiger partial charge is 0.304 e. The summed E-state index contributed by atoms with van der Waals surface area (Å²) in [5, 5.41) is 2.86. The van der Waals surface area contributed by atoms with Gasteiger partial charge in [0.2, 0.25) is 5.91 Å². The molecule has 128 valence electrons. The molecule has 0 saturated heterocycles. The van der Waals surface area contributed by atoms with Gasteiger partial charge in [0.1, 0.15) is 12.4 Å². The van der Waals surface area contributed by atoms with Crippen LogP contribution in [0.5, 0.6) is 0 Å². The highest BCUT2D eigenvalue weighted by atomic mass is 32.2. The molecule has 6 nitrogen and oxygen atoms in total. The topological polar surface area (TPSA) is 69.7 Å². The molecule has 0 radical (unpaired) electrons. The summed E-state index contributed by atoms with van der Waals surface area (Å²) in [5.74, 6) is -0.821. The number of nitrogens with zero attached hydrogens (tertiary/aromatic N) is 2. The quantitative estimate of drug-likeness (QED) is 0.851. The molecule has 1 aliphatic carbocycles. The van der Waals surface area contributed by atoms with Gasteiger partial charge in [-0.25, -0.2) is 8.70 Å². The molecule has 1 aromatic rings. The van der Waals surface area contributed by atoms with Gasteiger partial charge in [0.15, 0.2) is 0 Å². The Labute approximate surface area is 136 Å². The van der Waals surface area contributed by atoms with E-state index in [1.54, 1.807) is 0 Å². The van der Waals surface area contributed by atoms with E-state index in [0.29, 0.717) is 0 Å². The summed E-state index contributed by atoms with van der Waals surface area (Å²) < 4.78 is 40.0. The van der Waals surface area contributed by atoms with Gasteiger partial charge in [0, 0.05) is 20.1 Å². The van der Waals surface area contributed by atoms with Gasteiger partial charge in [-0.05, 0) is 37.1 Å². The third kappa shape index (κ3) is 4.42. The van der Waals surface area contributed by atoms with Crippen molar-refractivity contribution in [3.05, 3.63) is 30.1 Å². The number of anilines is 1. The zero-order valence-electron chi connectivity index (χ0n) is 13.3. The highest BCUT2D eigenvalue weighted by Crippen LogP contribution is 2.21. The number of amides is 1. The summed E-state index contributed by atoms with van der Waals surface area (Å²) in [7, 11) is -1.07. The SMILES string of the molecule is CN(C)S(=O)(=O)N(CC(=O)NC1CCCC1)c1ccc(F)cc1. The highest BCUT2D eigenvalue weighted by Gasteiger charge is 2.28. The van der Waals surface area contributed by atoms with Crippen molar-refractivity contribution in [2.45, 2.75) is 31.7 Å². The van der Waals surface area contributed by atoms with Crippen LogP contribution in [-0.4, -0.2) is 45.3 Å². The van der Waals surface area contributed by atoms with Crippen LogP contribution >= 0.6 is 0 Å². The number of hydrogen-bond donors (Lipinski definition) is 1. The van der Waals surface area contributed by atoms with E-state index < -0.39 is 16.0 Å². The zero-order chi connectivity index (χ0) is 17.0. The van der Waals surface area contributed by atoms with Crippen LogP contribution in [0.25, 0.3) is 0 Å². The van der Waals surface area contributed by atoms with Gasteiger partial charge in [0.25, 0.3) is 0 Å². The summed E-state index contributed by atoms with van der Waals surface area (Å²) >= 11 is 0. The van der Waals surface area contributed by atoms with Crippen molar-refractivity contribution in [3.63, 3.8) is 0 Å². The second kappa shape index (κ2) is 7.27. The monoisotopic (exact) mass is 343 g/mol. The van der Waals surface area contributed by atoms with Gasteiger partial charge >= 0.3 is 10.2 Å². The van der Waals surface area contributed by atoms with Crippen molar-refractivity contribution in [2.75, 3.05) is 24.9 Å². The molecule has 1 N–H and O–H groups in total. The van der Waals surface area contributed by atoms with Crippen LogP contribution in [-0.2, 0) is 15.0 Å². The van der Waals surface area contributed by atoms with Crippen LogP contribution in [0.2, 0.25) is 0 Å². The van der Waals surface area contributed by atoms with E-state index in [1.165, 1.54) is 38.4 Å². The third-order valence-corrected chi connectivity index (χ3v) is 5.68. The minimum absolute atomic E-state index is 0.111. The predicted molar refractivity (Wildman–Crippen MR) is 86.8 cm³/mol. The van der Waals surface area contributed by atoms with E-state index in [4.69, 9.17) is 0 Å². The molecule has 0 heterocycles. The predicted octanol–water partition coefficient (Wildman–Crippen LogP) is 1.50. The molecule has 1 fully saturated rings. The van der Waals surface area contributed by atoms with Crippen LogP contribution in [0.1, 0.15) is 25.7 Å². The number of halogens is 1. The Hall–Kier alpha value is -1.67. The van der Waals surface area contributed by atoms with E-state index in [2.05, 4.69) is 5.32 Å². The number of nitrogens with one attached hydrogen (secondary N) is 1. The number of carbonyl (C=O) groups excluding carboxylic acids is 1. The Morgan fingerprint density at radius 1 is 1.22 bits per heavy atom. The Kier molecular flexibility index (Phi) is 5.59. The van der Waals surface area contributed by atoms with E-state index in [9.17, 15) is 17.6 Å². The fourth-order valence-electron chi connectivity index (χ4n) is 2.58. The van der Waals surface area contributed by atoms with Gasteiger partial charge in [-0.15, -0.1) is 0 Å². The summed E-state index contributed by atoms with van der Waals surface area (Å²) in [6.45, 7) is -0.331. The van der Waals surface area contributed by atoms with Crippen molar-refractivity contribution >= 4 is 21.8 Å². The van der Waals surface area contributed by atoms with E-state index in [-0.39, 0.29) is 24.2 Å². The Morgan fingerprint density at radius 2 is 1.78 bits per heavy atom. The molecule has 1 aromatic carbocycles. The standard InChI is InChI=1S/C15H22FN3O3S/c1-18(2)23(21,22)19(14-9-7-12(16)8-10-14)11-15(20)17-13-5-3-4-6-13/h7-10,13H,3-6,11H2,1-2H3,(H,17,20). The van der Waals surface area contributed by atoms with Crippen LogP contribution in [0, 0.1) is 5.82 Å². The summed E-state index contributed by atoms with van der Waals surface area (Å²) in [5.41, 5.74) is 0.252. The highest BCUT2D eigenvalue weighted by molar-refractivity contribution is 7.90. The minimum Gasteiger partial charge on any atom is -0.352 e. The van der Waals surface area contributed by atoms with Gasteiger partial charge in [-0.1, -0.05) is 12.8 Å². The Morgan fingerprint density at radius 3 is 2.30 bits per heavy atom. The normalized spacial score (nSPS) is 15.8. The second-order valence-corrected chi connectivity index (χ2v) is 7.89. The van der Waals surface area contributed by atoms with Crippen LogP contribution in [0.4, 0.5) is 10.1 Å². The van der Waals surface area contributed by atoms with E-state index >= 15 is 0 Å². The molecule has 23 heavy (non-hydrogen) atoms. The lowest BCUT2D eigenvalue weighted by molar-refractivity contribution is -0.120. The summed E-state index contributed by atoms with van der Waals surface area (Å²) in [6, 6.07) is 5.14. The first-order chi connectivity index (χ1) is 10.8. The number of hydrogen-bond acceptors (Lipinski definition) is 3. The van der Waals surface area contributed by atoms with Crippen LogP contribution in [0.3, 0.4) is 0 Å². The largest absolute Gasteiger partial charge is 0.352 e. The number of rotatable bonds is 6. The third-order valence-electron chi connectivity index (χ3n) is 3.86. The molecular formula is C15H22FN3O3S. The average molecular weight is 343 g/mol. The molecule has 1 aliphatic rings. The van der Waals surface area contributed by atoms with Gasteiger partial charge in [-0.3, -0.25) is 4.79 Å². The number of carbonyl (C=O) groups is 1. The molecule has 0 unspecified atom stereocenters. The first-order valence-electron chi connectivity index (χ1n) is 7.56. The molecule has 0 spiro atoms. The van der Waals surface area contributed by atoms with Crippen molar-refractivity contribution in [3.8, 4) is 0 Å². The first-order valence-corrected chi connectivity index (χ1v) is 8.95. The maximum absolute atomic E-state index is 13.1. The van der Waals surface area contributed by atoms with Gasteiger partial charge < -0.3 is 5.32 Å². The zero-order valence-corrected chi connectivity index (χ0v) is 14.1. The molecule has 1 saturated carbocycles. The molecule has 0 atom stereocenters. The van der Waals surface area contributed by atoms with E-state index in [1.807, 2.05) is 0 Å². The van der Waals surface area contributed by atoms with Crippen molar-refractivity contribution in [1.29, 1.82) is 0 Å². The number of benzene rings is 1. The maximum atomic E-state index is 13.1. The lowest BCUT2D eigenvalue weighted by Crippen LogP contribution is -2.47. The van der Waals surface area contributed by atoms with Crippen molar-refractivity contribution in [1.82, 2.24) is 9.62 Å². The molecular weight excluding hydrogens is 321 g/mol. The van der Waals surface area contributed by atoms with Gasteiger partial charge in [-0.2, -0.15) is 12.7 Å². The maximum Gasteiger partial charge on any atom is 0.304 e. The van der Waals surface area contributed by atoms with Crippen LogP contribution in [0.15, 0.2) is 24.3 Å². The molecule has 2 rings (SSSR count). The fourth-order valence-corrected chi connectivity index (χ4v) is 3.65. The fraction of sp³-hybridized carbons (Fsp3) is 0.533. The second-order valence-electron chi connectivity index (χ2n) is 5.82. The van der Waals surface area contributed by atoms with Gasteiger partial charge in [0.05, 0.1) is 5.69 Å². The Bertz CT molecular complexity index is 640. The van der Waals surface area contributed by atoms with Crippen molar-refractivity contribution < 1.29 is 17.6 Å². The molecule has 0 bridgehead atoms. The lowest BCUT2D eigenvalue weighted by atomic mass is 10.2. The Balaban J connectivity index is 2.19. The summed E-state index contributed by atoms with van der Waals surface area (Å²) in [4.78, 5) is 12.2. The minimum atomic E-state index is -3.85. The summed E-state index contributed by atoms with van der Waals surface area (Å²) in [6.07, 6.45) is 3.98. The molecule has 0 aromatic heterocycles. The average Bonchev–Trinajstić information content (AvgIpc) is 2.98. The van der Waals surface area contributed by atoms with Crippen molar-refractivity contribution in [2.24, 2.45) is 0 Å². The van der Waals surface area contributed by atoms with E-state index in [0.717, 1.165) is 34.3 Å². The molecule has 8 heteroatoms. The van der Waals surface area contributed by atoms with Crippen LogP contribution < -0.4 is 9.62 Å². The first kappa shape index (κ1) is 17.7. The molecule has 1 amide bonds. The lowest BCUT2D eigenvalue weighted by Gasteiger charge is -2.27.